The highest BCUT2D eigenvalue weighted by Gasteiger charge is 2.17. The molecular weight excluding hydrogens is 274 g/mol. The van der Waals surface area contributed by atoms with Crippen LogP contribution in [0.1, 0.15) is 22.8 Å². The number of rotatable bonds is 6. The van der Waals surface area contributed by atoms with E-state index < -0.39 is 4.92 Å². The molecule has 0 unspecified atom stereocenters. The molecule has 0 radical (unpaired) electrons. The molecule has 0 spiro atoms. The van der Waals surface area contributed by atoms with E-state index in [4.69, 9.17) is 0 Å². The predicted molar refractivity (Wildman–Crippen MR) is 77.0 cm³/mol. The lowest BCUT2D eigenvalue weighted by Crippen LogP contribution is -2.22. The Hall–Kier alpha value is -2.90. The maximum atomic E-state index is 11.7. The van der Waals surface area contributed by atoms with Crippen LogP contribution in [0.3, 0.4) is 0 Å². The molecule has 0 aliphatic carbocycles. The van der Waals surface area contributed by atoms with Crippen LogP contribution in [-0.2, 0) is 6.54 Å². The maximum absolute atomic E-state index is 11.7. The maximum Gasteiger partial charge on any atom is 0.293 e. The number of amides is 1. The summed E-state index contributed by atoms with van der Waals surface area (Å²) in [6.45, 7) is 2.65. The summed E-state index contributed by atoms with van der Waals surface area (Å²) in [7, 11) is 0. The SMILES string of the molecule is CCNC(=O)c1ccc(NCc2cn[nH]c2)c([N+](=O)[O-])c1. The highest BCUT2D eigenvalue weighted by atomic mass is 16.6. The van der Waals surface area contributed by atoms with Crippen molar-refractivity contribution in [3.63, 3.8) is 0 Å². The number of aromatic amines is 1. The minimum Gasteiger partial charge on any atom is -0.375 e. The number of carbonyl (C=O) groups excluding carboxylic acids is 1. The zero-order chi connectivity index (χ0) is 15.2. The fourth-order valence-corrected chi connectivity index (χ4v) is 1.81. The van der Waals surface area contributed by atoms with E-state index in [1.807, 2.05) is 0 Å². The second-order valence-electron chi connectivity index (χ2n) is 4.31. The monoisotopic (exact) mass is 289 g/mol. The van der Waals surface area contributed by atoms with Gasteiger partial charge < -0.3 is 10.6 Å². The van der Waals surface area contributed by atoms with E-state index in [-0.39, 0.29) is 17.2 Å². The first kappa shape index (κ1) is 14.5. The Morgan fingerprint density at radius 3 is 2.90 bits per heavy atom. The van der Waals surface area contributed by atoms with Crippen LogP contribution in [0.4, 0.5) is 11.4 Å². The Morgan fingerprint density at radius 1 is 1.48 bits per heavy atom. The largest absolute Gasteiger partial charge is 0.375 e. The quantitative estimate of drug-likeness (QED) is 0.553. The molecule has 0 fully saturated rings. The van der Waals surface area contributed by atoms with Crippen molar-refractivity contribution in [3.05, 3.63) is 51.8 Å². The molecule has 0 atom stereocenters. The number of H-pyrrole nitrogens is 1. The molecule has 110 valence electrons. The molecule has 1 amide bonds. The molecule has 8 nitrogen and oxygen atoms in total. The lowest BCUT2D eigenvalue weighted by molar-refractivity contribution is -0.384. The zero-order valence-electron chi connectivity index (χ0n) is 11.4. The molecule has 0 saturated carbocycles. The predicted octanol–water partition coefficient (Wildman–Crippen LogP) is 1.68. The van der Waals surface area contributed by atoms with E-state index in [2.05, 4.69) is 20.8 Å². The van der Waals surface area contributed by atoms with Crippen molar-refractivity contribution in [3.8, 4) is 0 Å². The second kappa shape index (κ2) is 6.51. The smallest absolute Gasteiger partial charge is 0.293 e. The third kappa shape index (κ3) is 3.56. The summed E-state index contributed by atoms with van der Waals surface area (Å²) >= 11 is 0. The number of nitrogens with one attached hydrogen (secondary N) is 3. The Kier molecular flexibility index (Phi) is 4.50. The van der Waals surface area contributed by atoms with Gasteiger partial charge in [0.05, 0.1) is 11.1 Å². The molecule has 0 saturated heterocycles. The first-order valence-corrected chi connectivity index (χ1v) is 6.40. The summed E-state index contributed by atoms with van der Waals surface area (Å²) in [5.41, 5.74) is 1.35. The lowest BCUT2D eigenvalue weighted by atomic mass is 10.1. The Labute approximate surface area is 120 Å². The van der Waals surface area contributed by atoms with Crippen molar-refractivity contribution in [1.29, 1.82) is 0 Å². The molecule has 2 rings (SSSR count). The molecular formula is C13H15N5O3. The molecule has 21 heavy (non-hydrogen) atoms. The van der Waals surface area contributed by atoms with Gasteiger partial charge in [-0.15, -0.1) is 0 Å². The number of hydrogen-bond donors (Lipinski definition) is 3. The summed E-state index contributed by atoms with van der Waals surface area (Å²) in [5, 5.41) is 23.2. The van der Waals surface area contributed by atoms with Gasteiger partial charge in [-0.05, 0) is 19.1 Å². The summed E-state index contributed by atoms with van der Waals surface area (Å²) in [5.74, 6) is -0.331. The van der Waals surface area contributed by atoms with Gasteiger partial charge in [-0.3, -0.25) is 20.0 Å². The summed E-state index contributed by atoms with van der Waals surface area (Å²) < 4.78 is 0. The second-order valence-corrected chi connectivity index (χ2v) is 4.31. The van der Waals surface area contributed by atoms with Gasteiger partial charge >= 0.3 is 0 Å². The normalized spacial score (nSPS) is 10.1. The van der Waals surface area contributed by atoms with E-state index in [0.717, 1.165) is 5.56 Å². The molecule has 8 heteroatoms. The molecule has 2 aromatic rings. The van der Waals surface area contributed by atoms with Gasteiger partial charge in [-0.2, -0.15) is 5.10 Å². The summed E-state index contributed by atoms with van der Waals surface area (Å²) in [6, 6.07) is 4.35. The average Bonchev–Trinajstić information content (AvgIpc) is 2.98. The van der Waals surface area contributed by atoms with Crippen molar-refractivity contribution in [1.82, 2.24) is 15.5 Å². The number of nitro benzene ring substituents is 1. The third-order valence-corrected chi connectivity index (χ3v) is 2.83. The van der Waals surface area contributed by atoms with E-state index in [9.17, 15) is 14.9 Å². The Bertz CT molecular complexity index is 639. The number of aromatic nitrogens is 2. The number of carbonyl (C=O) groups is 1. The Balaban J connectivity index is 2.20. The van der Waals surface area contributed by atoms with E-state index in [1.54, 1.807) is 25.4 Å². The molecule has 0 bridgehead atoms. The Morgan fingerprint density at radius 2 is 2.29 bits per heavy atom. The van der Waals surface area contributed by atoms with Crippen LogP contribution in [0.15, 0.2) is 30.6 Å². The van der Waals surface area contributed by atoms with Crippen LogP contribution in [0, 0.1) is 10.1 Å². The van der Waals surface area contributed by atoms with E-state index in [1.165, 1.54) is 12.1 Å². The first-order chi connectivity index (χ1) is 10.1. The first-order valence-electron chi connectivity index (χ1n) is 6.40. The van der Waals surface area contributed by atoms with Crippen molar-refractivity contribution >= 4 is 17.3 Å². The van der Waals surface area contributed by atoms with E-state index in [0.29, 0.717) is 18.8 Å². The molecule has 1 aromatic heterocycles. The van der Waals surface area contributed by atoms with Crippen LogP contribution in [0.5, 0.6) is 0 Å². The van der Waals surface area contributed by atoms with Crippen LogP contribution in [-0.4, -0.2) is 27.6 Å². The fourth-order valence-electron chi connectivity index (χ4n) is 1.81. The molecule has 1 heterocycles. The van der Waals surface area contributed by atoms with Gasteiger partial charge in [0.25, 0.3) is 11.6 Å². The van der Waals surface area contributed by atoms with Crippen molar-refractivity contribution in [2.75, 3.05) is 11.9 Å². The standard InChI is InChI=1S/C13H15N5O3/c1-2-14-13(19)10-3-4-11(12(5-10)18(20)21)15-6-9-7-16-17-8-9/h3-5,7-8,15H,2,6H2,1H3,(H,14,19)(H,16,17). The van der Waals surface area contributed by atoms with Gasteiger partial charge in [-0.1, -0.05) is 0 Å². The fraction of sp³-hybridized carbons (Fsp3) is 0.231. The van der Waals surface area contributed by atoms with Crippen LogP contribution in [0.2, 0.25) is 0 Å². The van der Waals surface area contributed by atoms with Crippen molar-refractivity contribution in [2.24, 2.45) is 0 Å². The summed E-state index contributed by atoms with van der Waals surface area (Å²) in [6.07, 6.45) is 3.32. The molecule has 1 aromatic carbocycles. The minimum atomic E-state index is -0.513. The van der Waals surface area contributed by atoms with Crippen LogP contribution < -0.4 is 10.6 Å². The van der Waals surface area contributed by atoms with Gasteiger partial charge in [0.15, 0.2) is 0 Å². The number of hydrogen-bond acceptors (Lipinski definition) is 5. The van der Waals surface area contributed by atoms with Gasteiger partial charge in [0, 0.05) is 36.5 Å². The van der Waals surface area contributed by atoms with Gasteiger partial charge in [0.2, 0.25) is 0 Å². The van der Waals surface area contributed by atoms with Crippen LogP contribution in [0.25, 0.3) is 0 Å². The van der Waals surface area contributed by atoms with Gasteiger partial charge in [0.1, 0.15) is 5.69 Å². The summed E-state index contributed by atoms with van der Waals surface area (Å²) in [4.78, 5) is 22.3. The molecule has 0 aliphatic heterocycles. The van der Waals surface area contributed by atoms with Crippen LogP contribution >= 0.6 is 0 Å². The molecule has 0 aliphatic rings. The third-order valence-electron chi connectivity index (χ3n) is 2.83. The van der Waals surface area contributed by atoms with Gasteiger partial charge in [-0.25, -0.2) is 0 Å². The average molecular weight is 289 g/mol. The molecule has 3 N–H and O–H groups in total. The highest BCUT2D eigenvalue weighted by Crippen LogP contribution is 2.26. The topological polar surface area (TPSA) is 113 Å². The number of nitro groups is 1. The minimum absolute atomic E-state index is 0.137. The van der Waals surface area contributed by atoms with E-state index >= 15 is 0 Å². The zero-order valence-corrected chi connectivity index (χ0v) is 11.4. The number of benzene rings is 1. The van der Waals surface area contributed by atoms with Crippen molar-refractivity contribution < 1.29 is 9.72 Å². The lowest BCUT2D eigenvalue weighted by Gasteiger charge is -2.08. The van der Waals surface area contributed by atoms with Crippen molar-refractivity contribution in [2.45, 2.75) is 13.5 Å². The highest BCUT2D eigenvalue weighted by molar-refractivity contribution is 5.95. The number of nitrogens with zero attached hydrogens (tertiary/aromatic N) is 2. The number of anilines is 1.